The predicted octanol–water partition coefficient (Wildman–Crippen LogP) is 1.53. The van der Waals surface area contributed by atoms with E-state index < -0.39 is 0 Å². The third-order valence-electron chi connectivity index (χ3n) is 2.46. The lowest BCUT2D eigenvalue weighted by Gasteiger charge is -2.30. The Morgan fingerprint density at radius 1 is 1.43 bits per heavy atom. The van der Waals surface area contributed by atoms with Crippen molar-refractivity contribution in [3.63, 3.8) is 0 Å². The molecule has 14 heavy (non-hydrogen) atoms. The van der Waals surface area contributed by atoms with Crippen LogP contribution in [-0.2, 0) is 0 Å². The fourth-order valence-corrected chi connectivity index (χ4v) is 1.51. The minimum Gasteiger partial charge on any atom is -0.394 e. The summed E-state index contributed by atoms with van der Waals surface area (Å²) in [6.07, 6.45) is 1.76. The number of hydrogen-bond acceptors (Lipinski definition) is 3. The number of aliphatic hydroxyl groups is 1. The topological polar surface area (TPSA) is 36.4 Å². The van der Waals surface area contributed by atoms with Crippen LogP contribution in [0.4, 0.5) is 5.82 Å². The van der Waals surface area contributed by atoms with E-state index in [2.05, 4.69) is 18.8 Å². The molecule has 1 atom stereocenters. The van der Waals surface area contributed by atoms with E-state index in [0.29, 0.717) is 5.92 Å². The van der Waals surface area contributed by atoms with Crippen LogP contribution in [0.3, 0.4) is 0 Å². The summed E-state index contributed by atoms with van der Waals surface area (Å²) in [6.45, 7) is 4.35. The average molecular weight is 194 g/mol. The maximum Gasteiger partial charge on any atom is 0.128 e. The Hall–Kier alpha value is -1.09. The van der Waals surface area contributed by atoms with Crippen molar-refractivity contribution >= 4 is 5.82 Å². The lowest BCUT2D eigenvalue weighted by molar-refractivity contribution is 0.234. The molecular weight excluding hydrogens is 176 g/mol. The van der Waals surface area contributed by atoms with Crippen molar-refractivity contribution in [3.8, 4) is 0 Å². The van der Waals surface area contributed by atoms with Crippen molar-refractivity contribution in [2.75, 3.05) is 18.6 Å². The van der Waals surface area contributed by atoms with Crippen molar-refractivity contribution in [2.24, 2.45) is 5.92 Å². The van der Waals surface area contributed by atoms with Crippen molar-refractivity contribution < 1.29 is 5.11 Å². The standard InChI is InChI=1S/C11H18N2O/c1-9(2)10(8-14)13(3)11-6-4-5-7-12-11/h4-7,9-10,14H,8H2,1-3H3/t10-/m1/s1. The predicted molar refractivity (Wildman–Crippen MR) is 58.4 cm³/mol. The maximum absolute atomic E-state index is 9.26. The summed E-state index contributed by atoms with van der Waals surface area (Å²) in [5.41, 5.74) is 0. The first-order valence-corrected chi connectivity index (χ1v) is 4.91. The number of aromatic nitrogens is 1. The van der Waals surface area contributed by atoms with Gasteiger partial charge in [0.1, 0.15) is 5.82 Å². The highest BCUT2D eigenvalue weighted by Gasteiger charge is 2.18. The van der Waals surface area contributed by atoms with Crippen LogP contribution in [0.2, 0.25) is 0 Å². The fourth-order valence-electron chi connectivity index (χ4n) is 1.51. The molecule has 1 aromatic rings. The Labute approximate surface area is 85.4 Å². The summed E-state index contributed by atoms with van der Waals surface area (Å²) >= 11 is 0. The van der Waals surface area contributed by atoms with Gasteiger partial charge in [0.2, 0.25) is 0 Å². The van der Waals surface area contributed by atoms with Crippen molar-refractivity contribution in [2.45, 2.75) is 19.9 Å². The van der Waals surface area contributed by atoms with E-state index in [-0.39, 0.29) is 12.6 Å². The zero-order valence-electron chi connectivity index (χ0n) is 9.01. The van der Waals surface area contributed by atoms with Gasteiger partial charge >= 0.3 is 0 Å². The molecule has 0 saturated carbocycles. The van der Waals surface area contributed by atoms with Crippen LogP contribution >= 0.6 is 0 Å². The highest BCUT2D eigenvalue weighted by atomic mass is 16.3. The van der Waals surface area contributed by atoms with Gasteiger partial charge in [0.15, 0.2) is 0 Å². The Morgan fingerprint density at radius 3 is 2.57 bits per heavy atom. The van der Waals surface area contributed by atoms with Gasteiger partial charge in [0.05, 0.1) is 12.6 Å². The van der Waals surface area contributed by atoms with Gasteiger partial charge in [0, 0.05) is 13.2 Å². The van der Waals surface area contributed by atoms with Crippen LogP contribution in [0, 0.1) is 5.92 Å². The molecular formula is C11H18N2O. The third kappa shape index (κ3) is 2.45. The van der Waals surface area contributed by atoms with Crippen molar-refractivity contribution in [1.82, 2.24) is 4.98 Å². The molecule has 0 aliphatic heterocycles. The molecule has 0 aliphatic rings. The Bertz CT molecular complexity index is 261. The molecule has 1 aromatic heterocycles. The van der Waals surface area contributed by atoms with E-state index in [9.17, 15) is 5.11 Å². The molecule has 0 radical (unpaired) electrons. The Morgan fingerprint density at radius 2 is 2.14 bits per heavy atom. The first-order valence-electron chi connectivity index (χ1n) is 4.91. The first kappa shape index (κ1) is 11.0. The number of anilines is 1. The summed E-state index contributed by atoms with van der Waals surface area (Å²) < 4.78 is 0. The van der Waals surface area contributed by atoms with Crippen LogP contribution in [0.15, 0.2) is 24.4 Å². The molecule has 78 valence electrons. The Balaban J connectivity index is 2.78. The summed E-state index contributed by atoms with van der Waals surface area (Å²) in [5, 5.41) is 9.26. The Kier molecular flexibility index (Phi) is 3.89. The summed E-state index contributed by atoms with van der Waals surface area (Å²) in [4.78, 5) is 6.26. The van der Waals surface area contributed by atoms with Crippen LogP contribution in [0.25, 0.3) is 0 Å². The van der Waals surface area contributed by atoms with Gasteiger partial charge in [-0.25, -0.2) is 4.98 Å². The molecule has 0 unspecified atom stereocenters. The zero-order chi connectivity index (χ0) is 10.6. The number of aliphatic hydroxyl groups excluding tert-OH is 1. The second-order valence-corrected chi connectivity index (χ2v) is 3.79. The summed E-state index contributed by atoms with van der Waals surface area (Å²) in [7, 11) is 1.96. The molecule has 0 aromatic carbocycles. The molecule has 0 aliphatic carbocycles. The van der Waals surface area contributed by atoms with Crippen LogP contribution < -0.4 is 4.90 Å². The average Bonchev–Trinajstić information content (AvgIpc) is 2.19. The summed E-state index contributed by atoms with van der Waals surface area (Å²) in [6, 6.07) is 5.92. The molecule has 1 N–H and O–H groups in total. The van der Waals surface area contributed by atoms with E-state index in [4.69, 9.17) is 0 Å². The fraction of sp³-hybridized carbons (Fsp3) is 0.545. The molecule has 3 heteroatoms. The number of rotatable bonds is 4. The molecule has 0 amide bonds. The SMILES string of the molecule is CC(C)[C@@H](CO)N(C)c1ccccn1. The minimum absolute atomic E-state index is 0.130. The monoisotopic (exact) mass is 194 g/mol. The molecule has 0 bridgehead atoms. The van der Waals surface area contributed by atoms with Gasteiger partial charge in [-0.05, 0) is 18.1 Å². The van der Waals surface area contributed by atoms with E-state index >= 15 is 0 Å². The smallest absolute Gasteiger partial charge is 0.128 e. The molecule has 1 rings (SSSR count). The lowest BCUT2D eigenvalue weighted by Crippen LogP contribution is -2.39. The normalized spacial score (nSPS) is 12.9. The second kappa shape index (κ2) is 4.96. The van der Waals surface area contributed by atoms with Gasteiger partial charge in [-0.15, -0.1) is 0 Å². The van der Waals surface area contributed by atoms with E-state index in [1.807, 2.05) is 30.1 Å². The van der Waals surface area contributed by atoms with Gasteiger partial charge in [-0.2, -0.15) is 0 Å². The van der Waals surface area contributed by atoms with E-state index in [1.54, 1.807) is 6.20 Å². The number of nitrogens with zero attached hydrogens (tertiary/aromatic N) is 2. The maximum atomic E-state index is 9.26. The molecule has 0 fully saturated rings. The first-order chi connectivity index (χ1) is 6.66. The molecule has 3 nitrogen and oxygen atoms in total. The van der Waals surface area contributed by atoms with Gasteiger partial charge in [-0.3, -0.25) is 0 Å². The van der Waals surface area contributed by atoms with Crippen molar-refractivity contribution in [3.05, 3.63) is 24.4 Å². The number of hydrogen-bond donors (Lipinski definition) is 1. The van der Waals surface area contributed by atoms with E-state index in [0.717, 1.165) is 5.82 Å². The minimum atomic E-state index is 0.130. The van der Waals surface area contributed by atoms with Crippen molar-refractivity contribution in [1.29, 1.82) is 0 Å². The number of pyridine rings is 1. The van der Waals surface area contributed by atoms with Gasteiger partial charge in [-0.1, -0.05) is 19.9 Å². The lowest BCUT2D eigenvalue weighted by atomic mass is 10.0. The van der Waals surface area contributed by atoms with Crippen LogP contribution in [0.1, 0.15) is 13.8 Å². The van der Waals surface area contributed by atoms with Crippen LogP contribution in [0.5, 0.6) is 0 Å². The number of likely N-dealkylation sites (N-methyl/N-ethyl adjacent to an activating group) is 1. The second-order valence-electron chi connectivity index (χ2n) is 3.79. The molecule has 0 saturated heterocycles. The van der Waals surface area contributed by atoms with Gasteiger partial charge < -0.3 is 10.0 Å². The quantitative estimate of drug-likeness (QED) is 0.789. The highest BCUT2D eigenvalue weighted by molar-refractivity contribution is 5.38. The third-order valence-corrected chi connectivity index (χ3v) is 2.46. The van der Waals surface area contributed by atoms with Gasteiger partial charge in [0.25, 0.3) is 0 Å². The largest absolute Gasteiger partial charge is 0.394 e. The molecule has 0 spiro atoms. The van der Waals surface area contributed by atoms with Crippen LogP contribution in [-0.4, -0.2) is 29.8 Å². The summed E-state index contributed by atoms with van der Waals surface area (Å²) in [5.74, 6) is 1.31. The molecule has 1 heterocycles. The zero-order valence-corrected chi connectivity index (χ0v) is 9.01. The highest BCUT2D eigenvalue weighted by Crippen LogP contribution is 2.15. The van der Waals surface area contributed by atoms with E-state index in [1.165, 1.54) is 0 Å².